The van der Waals surface area contributed by atoms with Crippen LogP contribution in [-0.4, -0.2) is 12.1 Å². The SMILES string of the molecule is C\C=C/C=C(\C=C/C)C(/C)=C(/N=C(\N=C\C)c1cccc2c1N(c1ccccc1)c1ccccc1C21c2ccccc2-c2ccccc21)c1ccccc1. The summed E-state index contributed by atoms with van der Waals surface area (Å²) in [4.78, 5) is 13.1. The van der Waals surface area contributed by atoms with E-state index in [1.54, 1.807) is 0 Å². The molecule has 0 fully saturated rings. The third kappa shape index (κ3) is 5.61. The number of para-hydroxylation sites is 3. The van der Waals surface area contributed by atoms with E-state index in [4.69, 9.17) is 9.98 Å². The molecule has 262 valence electrons. The molecule has 1 aliphatic carbocycles. The predicted molar refractivity (Wildman–Crippen MR) is 229 cm³/mol. The van der Waals surface area contributed by atoms with Crippen LogP contribution >= 0.6 is 0 Å². The number of allylic oxidation sites excluding steroid dienone is 7. The van der Waals surface area contributed by atoms with Crippen LogP contribution in [-0.2, 0) is 5.41 Å². The highest BCUT2D eigenvalue weighted by molar-refractivity contribution is 6.12. The van der Waals surface area contributed by atoms with Gasteiger partial charge in [0.2, 0.25) is 0 Å². The van der Waals surface area contributed by atoms with E-state index in [0.29, 0.717) is 5.84 Å². The maximum absolute atomic E-state index is 5.59. The topological polar surface area (TPSA) is 28.0 Å². The summed E-state index contributed by atoms with van der Waals surface area (Å²) in [6.07, 6.45) is 12.4. The zero-order valence-electron chi connectivity index (χ0n) is 31.2. The van der Waals surface area contributed by atoms with Crippen molar-refractivity contribution in [3.05, 3.63) is 227 Å². The molecule has 3 heteroatoms. The third-order valence-corrected chi connectivity index (χ3v) is 10.5. The van der Waals surface area contributed by atoms with Crippen LogP contribution in [0.5, 0.6) is 0 Å². The van der Waals surface area contributed by atoms with Crippen LogP contribution in [0.2, 0.25) is 0 Å². The maximum atomic E-state index is 5.59. The largest absolute Gasteiger partial charge is 0.309 e. The molecule has 0 saturated carbocycles. The molecule has 0 N–H and O–H groups in total. The summed E-state index contributed by atoms with van der Waals surface area (Å²) in [5, 5.41) is 0. The highest BCUT2D eigenvalue weighted by Crippen LogP contribution is 2.63. The van der Waals surface area contributed by atoms with Crippen molar-refractivity contribution >= 4 is 34.8 Å². The second-order valence-electron chi connectivity index (χ2n) is 13.5. The van der Waals surface area contributed by atoms with Gasteiger partial charge in [0.25, 0.3) is 0 Å². The van der Waals surface area contributed by atoms with Gasteiger partial charge in [-0.25, -0.2) is 9.98 Å². The fraction of sp³-hybridized carbons (Fsp3) is 0.0980. The minimum atomic E-state index is -0.566. The maximum Gasteiger partial charge on any atom is 0.161 e. The molecule has 3 nitrogen and oxygen atoms in total. The summed E-state index contributed by atoms with van der Waals surface area (Å²) < 4.78 is 0. The monoisotopic (exact) mass is 697 g/mol. The Bertz CT molecular complexity index is 2480. The average molecular weight is 698 g/mol. The van der Waals surface area contributed by atoms with Crippen molar-refractivity contribution in [2.45, 2.75) is 33.1 Å². The number of hydrogen-bond donors (Lipinski definition) is 0. The van der Waals surface area contributed by atoms with Gasteiger partial charge in [-0.3, -0.25) is 0 Å². The van der Waals surface area contributed by atoms with Gasteiger partial charge in [-0.1, -0.05) is 158 Å². The molecule has 8 rings (SSSR count). The second-order valence-corrected chi connectivity index (χ2v) is 13.5. The molecule has 0 bridgehead atoms. The molecule has 0 radical (unpaired) electrons. The molecule has 6 aromatic rings. The normalized spacial score (nSPS) is 15.1. The van der Waals surface area contributed by atoms with Gasteiger partial charge in [0, 0.05) is 23.0 Å². The summed E-state index contributed by atoms with van der Waals surface area (Å²) in [5.41, 5.74) is 15.3. The minimum Gasteiger partial charge on any atom is -0.309 e. The third-order valence-electron chi connectivity index (χ3n) is 10.5. The number of amidine groups is 1. The second kappa shape index (κ2) is 14.8. The fourth-order valence-corrected chi connectivity index (χ4v) is 8.35. The summed E-state index contributed by atoms with van der Waals surface area (Å²) >= 11 is 0. The molecular formula is C51H43N3. The minimum absolute atomic E-state index is 0.566. The number of rotatable bonds is 7. The Morgan fingerprint density at radius 2 is 1.19 bits per heavy atom. The molecule has 0 amide bonds. The number of aliphatic imine (C=N–C) groups is 2. The van der Waals surface area contributed by atoms with Gasteiger partial charge in [-0.15, -0.1) is 0 Å². The first-order chi connectivity index (χ1) is 26.6. The van der Waals surface area contributed by atoms with Gasteiger partial charge in [-0.2, -0.15) is 0 Å². The Hall–Kier alpha value is -6.58. The van der Waals surface area contributed by atoms with Gasteiger partial charge in [0.1, 0.15) is 0 Å². The lowest BCUT2D eigenvalue weighted by atomic mass is 9.64. The molecule has 0 atom stereocenters. The summed E-state index contributed by atoms with van der Waals surface area (Å²) in [5.74, 6) is 0.647. The van der Waals surface area contributed by atoms with Crippen LogP contribution in [0.15, 0.2) is 203 Å². The summed E-state index contributed by atoms with van der Waals surface area (Å²) in [7, 11) is 0. The molecular weight excluding hydrogens is 655 g/mol. The van der Waals surface area contributed by atoms with E-state index in [1.807, 2.05) is 26.1 Å². The van der Waals surface area contributed by atoms with Crippen molar-refractivity contribution in [1.82, 2.24) is 0 Å². The summed E-state index contributed by atoms with van der Waals surface area (Å²) in [6, 6.07) is 54.6. The van der Waals surface area contributed by atoms with Gasteiger partial charge in [-0.05, 0) is 96.5 Å². The Morgan fingerprint density at radius 3 is 1.83 bits per heavy atom. The van der Waals surface area contributed by atoms with Crippen molar-refractivity contribution in [3.8, 4) is 11.1 Å². The van der Waals surface area contributed by atoms with Gasteiger partial charge < -0.3 is 4.90 Å². The molecule has 1 spiro atoms. The number of anilines is 3. The standard InChI is InChI=1S/C51H43N3/c1-5-8-23-37(22-6-2)36(4)48(38-24-11-9-12-25-38)53-50(52-7-3)42-30-21-34-46-49(42)54(39-26-13-10-14-27-39)47-35-20-19-33-45(47)51(46)43-31-17-15-28-40(43)41-29-16-18-32-44(41)51/h5-35H,1-4H3/b8-5-,22-6-,37-23+,48-36+,52-7+,53-50-. The Balaban J connectivity index is 1.51. The number of nitrogens with zero attached hydrogens (tertiary/aromatic N) is 3. The van der Waals surface area contributed by atoms with E-state index in [0.717, 1.165) is 45.0 Å². The van der Waals surface area contributed by atoms with Crippen molar-refractivity contribution < 1.29 is 0 Å². The molecule has 1 heterocycles. The van der Waals surface area contributed by atoms with Crippen LogP contribution in [0.25, 0.3) is 16.8 Å². The first kappa shape index (κ1) is 34.5. The van der Waals surface area contributed by atoms with Crippen LogP contribution in [0.3, 0.4) is 0 Å². The molecule has 0 unspecified atom stereocenters. The lowest BCUT2D eigenvalue weighted by molar-refractivity contribution is 0.752. The van der Waals surface area contributed by atoms with E-state index in [9.17, 15) is 0 Å². The highest BCUT2D eigenvalue weighted by atomic mass is 15.2. The summed E-state index contributed by atoms with van der Waals surface area (Å²) in [6.45, 7) is 8.21. The van der Waals surface area contributed by atoms with Gasteiger partial charge in [0.05, 0.1) is 22.5 Å². The lowest BCUT2D eigenvalue weighted by Crippen LogP contribution is -2.37. The first-order valence-corrected chi connectivity index (χ1v) is 18.7. The first-order valence-electron chi connectivity index (χ1n) is 18.7. The van der Waals surface area contributed by atoms with Gasteiger partial charge >= 0.3 is 0 Å². The van der Waals surface area contributed by atoms with Crippen LogP contribution in [0, 0.1) is 0 Å². The smallest absolute Gasteiger partial charge is 0.161 e. The number of fused-ring (bicyclic) bond motifs is 9. The molecule has 6 aromatic carbocycles. The Labute approximate surface area is 319 Å². The van der Waals surface area contributed by atoms with Crippen molar-refractivity contribution in [2.75, 3.05) is 4.90 Å². The zero-order valence-corrected chi connectivity index (χ0v) is 31.2. The van der Waals surface area contributed by atoms with Crippen molar-refractivity contribution in [3.63, 3.8) is 0 Å². The number of hydrogen-bond acceptors (Lipinski definition) is 2. The van der Waals surface area contributed by atoms with Crippen molar-refractivity contribution in [2.24, 2.45) is 9.98 Å². The number of benzene rings is 6. The molecule has 54 heavy (non-hydrogen) atoms. The predicted octanol–water partition coefficient (Wildman–Crippen LogP) is 13.2. The van der Waals surface area contributed by atoms with Crippen LogP contribution in [0.1, 0.15) is 61.1 Å². The molecule has 0 saturated heterocycles. The van der Waals surface area contributed by atoms with E-state index >= 15 is 0 Å². The highest BCUT2D eigenvalue weighted by Gasteiger charge is 2.52. The van der Waals surface area contributed by atoms with E-state index in [2.05, 4.69) is 195 Å². The molecule has 0 aromatic heterocycles. The van der Waals surface area contributed by atoms with E-state index in [1.165, 1.54) is 33.4 Å². The van der Waals surface area contributed by atoms with E-state index in [-0.39, 0.29) is 0 Å². The fourth-order valence-electron chi connectivity index (χ4n) is 8.35. The van der Waals surface area contributed by atoms with Crippen LogP contribution < -0.4 is 4.90 Å². The zero-order chi connectivity index (χ0) is 37.1. The lowest BCUT2D eigenvalue weighted by Gasteiger charge is -2.45. The average Bonchev–Trinajstić information content (AvgIpc) is 3.52. The van der Waals surface area contributed by atoms with E-state index < -0.39 is 5.41 Å². The van der Waals surface area contributed by atoms with Gasteiger partial charge in [0.15, 0.2) is 5.84 Å². The Morgan fingerprint density at radius 1 is 0.593 bits per heavy atom. The molecule has 2 aliphatic rings. The quantitative estimate of drug-likeness (QED) is 0.0925. The van der Waals surface area contributed by atoms with Crippen molar-refractivity contribution in [1.29, 1.82) is 0 Å². The van der Waals surface area contributed by atoms with Crippen LogP contribution in [0.4, 0.5) is 17.1 Å². The Kier molecular flexibility index (Phi) is 9.46. The molecule has 1 aliphatic heterocycles.